The van der Waals surface area contributed by atoms with Crippen molar-refractivity contribution >= 4 is 0 Å². The van der Waals surface area contributed by atoms with E-state index < -0.39 is 0 Å². The van der Waals surface area contributed by atoms with Gasteiger partial charge in [0.05, 0.1) is 11.7 Å². The minimum atomic E-state index is 0.474. The number of rotatable bonds is 1. The van der Waals surface area contributed by atoms with E-state index in [1.165, 1.54) is 5.69 Å². The van der Waals surface area contributed by atoms with Crippen LogP contribution in [0.25, 0.3) is 0 Å². The minimum Gasteiger partial charge on any atom is -0.307 e. The van der Waals surface area contributed by atoms with E-state index in [0.29, 0.717) is 11.7 Å². The van der Waals surface area contributed by atoms with Gasteiger partial charge in [0.2, 0.25) is 0 Å². The van der Waals surface area contributed by atoms with Crippen molar-refractivity contribution in [3.63, 3.8) is 0 Å². The molecule has 0 radical (unpaired) electrons. The average Bonchev–Trinajstić information content (AvgIpc) is 2.91. The van der Waals surface area contributed by atoms with Crippen molar-refractivity contribution in [2.45, 2.75) is 32.0 Å². The second-order valence-electron chi connectivity index (χ2n) is 4.97. The van der Waals surface area contributed by atoms with E-state index in [0.717, 1.165) is 44.6 Å². The summed E-state index contributed by atoms with van der Waals surface area (Å²) in [7, 11) is 2.16. The molecule has 0 bridgehead atoms. The molecule has 0 atom stereocenters. The molecule has 90 valence electrons. The Morgan fingerprint density at radius 3 is 2.82 bits per heavy atom. The lowest BCUT2D eigenvalue weighted by Gasteiger charge is -2.29. The van der Waals surface area contributed by atoms with Crippen LogP contribution in [0, 0.1) is 11.3 Å². The third-order valence-corrected chi connectivity index (χ3v) is 3.85. The number of aromatic nitrogens is 2. The maximum atomic E-state index is 9.09. The Labute approximate surface area is 101 Å². The van der Waals surface area contributed by atoms with Crippen LogP contribution in [-0.4, -0.2) is 34.8 Å². The highest BCUT2D eigenvalue weighted by atomic mass is 15.3. The smallest absolute Gasteiger partial charge is 0.167 e. The van der Waals surface area contributed by atoms with Crippen molar-refractivity contribution in [1.29, 1.82) is 5.26 Å². The van der Waals surface area contributed by atoms with Crippen LogP contribution in [0.1, 0.15) is 35.8 Å². The normalized spacial score (nSPS) is 21.4. The highest BCUT2D eigenvalue weighted by Gasteiger charge is 2.27. The molecular formula is C12H17N5. The van der Waals surface area contributed by atoms with Crippen molar-refractivity contribution in [2.24, 2.45) is 0 Å². The van der Waals surface area contributed by atoms with Crippen LogP contribution in [-0.2, 0) is 13.1 Å². The molecule has 2 aliphatic rings. The summed E-state index contributed by atoms with van der Waals surface area (Å²) in [5.74, 6) is 0. The molecule has 17 heavy (non-hydrogen) atoms. The fourth-order valence-electron chi connectivity index (χ4n) is 2.81. The van der Waals surface area contributed by atoms with Crippen LogP contribution in [0.15, 0.2) is 0 Å². The van der Waals surface area contributed by atoms with Crippen molar-refractivity contribution in [3.05, 3.63) is 17.0 Å². The largest absolute Gasteiger partial charge is 0.307 e. The Morgan fingerprint density at radius 2 is 2.12 bits per heavy atom. The first kappa shape index (κ1) is 10.8. The van der Waals surface area contributed by atoms with Crippen molar-refractivity contribution in [1.82, 2.24) is 20.0 Å². The number of nitrogens with zero attached hydrogens (tertiary/aromatic N) is 4. The van der Waals surface area contributed by atoms with Crippen LogP contribution in [0.2, 0.25) is 0 Å². The summed E-state index contributed by atoms with van der Waals surface area (Å²) in [6.45, 7) is 3.89. The van der Waals surface area contributed by atoms with E-state index in [1.54, 1.807) is 0 Å². The number of hydrogen-bond acceptors (Lipinski definition) is 4. The van der Waals surface area contributed by atoms with Crippen LogP contribution < -0.4 is 5.32 Å². The molecular weight excluding hydrogens is 214 g/mol. The Balaban J connectivity index is 1.91. The van der Waals surface area contributed by atoms with Crippen LogP contribution in [0.5, 0.6) is 0 Å². The Hall–Kier alpha value is -1.38. The van der Waals surface area contributed by atoms with Crippen LogP contribution in [0.4, 0.5) is 0 Å². The van der Waals surface area contributed by atoms with E-state index in [2.05, 4.69) is 33.1 Å². The lowest BCUT2D eigenvalue weighted by atomic mass is 10.1. The Morgan fingerprint density at radius 1 is 1.35 bits per heavy atom. The van der Waals surface area contributed by atoms with Gasteiger partial charge in [-0.3, -0.25) is 4.68 Å². The molecule has 0 amide bonds. The van der Waals surface area contributed by atoms with Crippen molar-refractivity contribution in [3.8, 4) is 6.07 Å². The van der Waals surface area contributed by atoms with Gasteiger partial charge in [-0.15, -0.1) is 0 Å². The van der Waals surface area contributed by atoms with Crippen LogP contribution in [0.3, 0.4) is 0 Å². The molecule has 2 aliphatic heterocycles. The SMILES string of the molecule is CN1CCC(n2nc(C#N)c3c2CNC3)CC1. The number of nitriles is 1. The van der Waals surface area contributed by atoms with Gasteiger partial charge in [-0.2, -0.15) is 10.4 Å². The average molecular weight is 231 g/mol. The third-order valence-electron chi connectivity index (χ3n) is 3.85. The molecule has 0 unspecified atom stereocenters. The first-order chi connectivity index (χ1) is 8.29. The van der Waals surface area contributed by atoms with Crippen LogP contribution >= 0.6 is 0 Å². The molecule has 1 fully saturated rings. The first-order valence-corrected chi connectivity index (χ1v) is 6.19. The quantitative estimate of drug-likeness (QED) is 0.770. The number of hydrogen-bond donors (Lipinski definition) is 1. The summed E-state index contributed by atoms with van der Waals surface area (Å²) in [5.41, 5.74) is 2.96. The summed E-state index contributed by atoms with van der Waals surface area (Å²) in [4.78, 5) is 2.35. The fourth-order valence-corrected chi connectivity index (χ4v) is 2.81. The topological polar surface area (TPSA) is 56.9 Å². The van der Waals surface area contributed by atoms with E-state index >= 15 is 0 Å². The molecule has 1 aromatic rings. The fraction of sp³-hybridized carbons (Fsp3) is 0.667. The molecule has 5 heteroatoms. The lowest BCUT2D eigenvalue weighted by molar-refractivity contribution is 0.209. The number of fused-ring (bicyclic) bond motifs is 1. The van der Waals surface area contributed by atoms with Gasteiger partial charge < -0.3 is 10.2 Å². The molecule has 0 aromatic carbocycles. The first-order valence-electron chi connectivity index (χ1n) is 6.19. The Kier molecular flexibility index (Phi) is 2.61. The molecule has 1 aromatic heterocycles. The summed E-state index contributed by atoms with van der Waals surface area (Å²) in [6.07, 6.45) is 2.27. The van der Waals surface area contributed by atoms with Gasteiger partial charge in [-0.05, 0) is 33.0 Å². The lowest BCUT2D eigenvalue weighted by Crippen LogP contribution is -2.32. The third kappa shape index (κ3) is 1.74. The summed E-state index contributed by atoms with van der Waals surface area (Å²) in [6, 6.07) is 2.69. The van der Waals surface area contributed by atoms with Gasteiger partial charge >= 0.3 is 0 Å². The molecule has 3 heterocycles. The second kappa shape index (κ2) is 4.13. The van der Waals surface area contributed by atoms with E-state index in [4.69, 9.17) is 5.26 Å². The predicted octanol–water partition coefficient (Wildman–Crippen LogP) is 0.625. The van der Waals surface area contributed by atoms with E-state index in [9.17, 15) is 0 Å². The number of nitrogens with one attached hydrogen (secondary N) is 1. The van der Waals surface area contributed by atoms with Gasteiger partial charge in [0, 0.05) is 18.7 Å². The van der Waals surface area contributed by atoms with Gasteiger partial charge in [-0.1, -0.05) is 0 Å². The van der Waals surface area contributed by atoms with Gasteiger partial charge in [0.15, 0.2) is 5.69 Å². The zero-order valence-electron chi connectivity index (χ0n) is 10.1. The number of likely N-dealkylation sites (tertiary alicyclic amines) is 1. The Bertz CT molecular complexity index is 462. The second-order valence-corrected chi connectivity index (χ2v) is 4.97. The molecule has 1 N–H and O–H groups in total. The van der Waals surface area contributed by atoms with Gasteiger partial charge in [0.25, 0.3) is 0 Å². The summed E-state index contributed by atoms with van der Waals surface area (Å²) in [5, 5.41) is 16.9. The zero-order valence-corrected chi connectivity index (χ0v) is 10.1. The summed E-state index contributed by atoms with van der Waals surface area (Å²) < 4.78 is 2.11. The maximum absolute atomic E-state index is 9.09. The minimum absolute atomic E-state index is 0.474. The van der Waals surface area contributed by atoms with Crippen molar-refractivity contribution < 1.29 is 0 Å². The molecule has 3 rings (SSSR count). The maximum Gasteiger partial charge on any atom is 0.167 e. The molecule has 5 nitrogen and oxygen atoms in total. The van der Waals surface area contributed by atoms with Gasteiger partial charge in [-0.25, -0.2) is 0 Å². The monoisotopic (exact) mass is 231 g/mol. The molecule has 0 spiro atoms. The van der Waals surface area contributed by atoms with E-state index in [1.807, 2.05) is 0 Å². The van der Waals surface area contributed by atoms with E-state index in [-0.39, 0.29) is 0 Å². The molecule has 0 aliphatic carbocycles. The summed E-state index contributed by atoms with van der Waals surface area (Å²) >= 11 is 0. The molecule has 1 saturated heterocycles. The highest BCUT2D eigenvalue weighted by Crippen LogP contribution is 2.27. The predicted molar refractivity (Wildman–Crippen MR) is 63.3 cm³/mol. The molecule has 0 saturated carbocycles. The van der Waals surface area contributed by atoms with Gasteiger partial charge in [0.1, 0.15) is 6.07 Å². The van der Waals surface area contributed by atoms with Crippen molar-refractivity contribution in [2.75, 3.05) is 20.1 Å². The number of piperidine rings is 1. The standard InChI is InChI=1S/C12H17N5/c1-16-4-2-9(3-5-16)17-12-8-14-7-10(12)11(6-13)15-17/h9,14H,2-5,7-8H2,1H3. The highest BCUT2D eigenvalue weighted by molar-refractivity contribution is 5.37. The zero-order chi connectivity index (χ0) is 11.8.